The van der Waals surface area contributed by atoms with Crippen LogP contribution >= 0.6 is 11.3 Å². The highest BCUT2D eigenvalue weighted by molar-refractivity contribution is 7.10. The van der Waals surface area contributed by atoms with Crippen LogP contribution in [0.2, 0.25) is 0 Å². The van der Waals surface area contributed by atoms with Crippen molar-refractivity contribution in [3.8, 4) is 0 Å². The number of thiophene rings is 1. The standard InChI is InChI=1S/C20H22N2O3S/c1-11-9-12(2)17(14(4)23)13(3)15(11)10-22-18(24)20(5,21-19(22)25)16-7-6-8-26-16/h6-9H,10H2,1-5H3,(H,21,25). The molecule has 1 N–H and O–H groups in total. The average molecular weight is 370 g/mol. The molecule has 5 nitrogen and oxygen atoms in total. The van der Waals surface area contributed by atoms with Gasteiger partial charge in [0.05, 0.1) is 6.54 Å². The summed E-state index contributed by atoms with van der Waals surface area (Å²) in [7, 11) is 0. The third-order valence-corrected chi connectivity index (χ3v) is 6.18. The Morgan fingerprint density at radius 1 is 1.23 bits per heavy atom. The van der Waals surface area contributed by atoms with E-state index in [1.54, 1.807) is 6.92 Å². The van der Waals surface area contributed by atoms with Crippen molar-refractivity contribution in [2.45, 2.75) is 46.7 Å². The smallest absolute Gasteiger partial charge is 0.319 e. The predicted octanol–water partition coefficient (Wildman–Crippen LogP) is 3.84. The number of benzene rings is 1. The number of aryl methyl sites for hydroxylation is 2. The number of carbonyl (C=O) groups is 3. The third-order valence-electron chi connectivity index (χ3n) is 5.09. The summed E-state index contributed by atoms with van der Waals surface area (Å²) >= 11 is 1.44. The molecule has 6 heteroatoms. The van der Waals surface area contributed by atoms with Gasteiger partial charge in [0.1, 0.15) is 0 Å². The van der Waals surface area contributed by atoms with E-state index in [0.29, 0.717) is 5.56 Å². The number of amides is 3. The van der Waals surface area contributed by atoms with Crippen molar-refractivity contribution in [3.05, 3.63) is 56.3 Å². The van der Waals surface area contributed by atoms with Crippen molar-refractivity contribution in [1.29, 1.82) is 0 Å². The zero-order valence-electron chi connectivity index (χ0n) is 15.6. The van der Waals surface area contributed by atoms with Crippen LogP contribution in [0.1, 0.15) is 51.3 Å². The Hall–Kier alpha value is -2.47. The van der Waals surface area contributed by atoms with Crippen LogP contribution in [-0.2, 0) is 16.9 Å². The molecule has 1 saturated heterocycles. The van der Waals surface area contributed by atoms with Gasteiger partial charge in [0.2, 0.25) is 0 Å². The zero-order valence-corrected chi connectivity index (χ0v) is 16.4. The first kappa shape index (κ1) is 18.3. The van der Waals surface area contributed by atoms with Gasteiger partial charge in [0, 0.05) is 10.4 Å². The van der Waals surface area contributed by atoms with Crippen molar-refractivity contribution in [1.82, 2.24) is 10.2 Å². The monoisotopic (exact) mass is 370 g/mol. The van der Waals surface area contributed by atoms with Gasteiger partial charge >= 0.3 is 6.03 Å². The topological polar surface area (TPSA) is 66.5 Å². The largest absolute Gasteiger partial charge is 0.325 e. The van der Waals surface area contributed by atoms with Gasteiger partial charge in [-0.1, -0.05) is 12.1 Å². The molecule has 1 aromatic carbocycles. The molecule has 3 amide bonds. The van der Waals surface area contributed by atoms with Gasteiger partial charge < -0.3 is 5.32 Å². The minimum atomic E-state index is -1.04. The van der Waals surface area contributed by atoms with Crippen molar-refractivity contribution in [2.75, 3.05) is 0 Å². The van der Waals surface area contributed by atoms with E-state index < -0.39 is 11.6 Å². The normalized spacial score (nSPS) is 19.8. The fourth-order valence-corrected chi connectivity index (χ4v) is 4.58. The zero-order chi connectivity index (χ0) is 19.2. The number of urea groups is 1. The Morgan fingerprint density at radius 2 is 1.92 bits per heavy atom. The molecule has 1 atom stereocenters. The van der Waals surface area contributed by atoms with E-state index in [4.69, 9.17) is 0 Å². The molecular formula is C20H22N2O3S. The number of hydrogen-bond acceptors (Lipinski definition) is 4. The van der Waals surface area contributed by atoms with E-state index >= 15 is 0 Å². The van der Waals surface area contributed by atoms with Crippen LogP contribution in [0.5, 0.6) is 0 Å². The van der Waals surface area contributed by atoms with Crippen molar-refractivity contribution >= 4 is 29.1 Å². The van der Waals surface area contributed by atoms with E-state index in [1.807, 2.05) is 44.4 Å². The molecule has 0 aliphatic carbocycles. The SMILES string of the molecule is CC(=O)c1c(C)cc(C)c(CN2C(=O)NC(C)(c3cccs3)C2=O)c1C. The highest BCUT2D eigenvalue weighted by Crippen LogP contribution is 2.33. The van der Waals surface area contributed by atoms with Gasteiger partial charge in [-0.25, -0.2) is 4.79 Å². The molecule has 26 heavy (non-hydrogen) atoms. The van der Waals surface area contributed by atoms with E-state index in [2.05, 4.69) is 5.32 Å². The quantitative estimate of drug-likeness (QED) is 0.657. The molecule has 2 aromatic rings. The van der Waals surface area contributed by atoms with Crippen molar-refractivity contribution < 1.29 is 14.4 Å². The van der Waals surface area contributed by atoms with Crippen LogP contribution in [0.25, 0.3) is 0 Å². The molecule has 0 bridgehead atoms. The third kappa shape index (κ3) is 2.74. The van der Waals surface area contributed by atoms with Gasteiger partial charge in [-0.2, -0.15) is 0 Å². The highest BCUT2D eigenvalue weighted by Gasteiger charge is 2.49. The molecule has 2 heterocycles. The van der Waals surface area contributed by atoms with Crippen LogP contribution in [0.3, 0.4) is 0 Å². The minimum absolute atomic E-state index is 0.0122. The van der Waals surface area contributed by atoms with E-state index in [9.17, 15) is 14.4 Å². The van der Waals surface area contributed by atoms with Gasteiger partial charge in [0.25, 0.3) is 5.91 Å². The summed E-state index contributed by atoms with van der Waals surface area (Å²) in [6.07, 6.45) is 0. The Balaban J connectivity index is 2.00. The maximum atomic E-state index is 13.0. The lowest BCUT2D eigenvalue weighted by atomic mass is 9.91. The molecule has 0 spiro atoms. The van der Waals surface area contributed by atoms with Crippen LogP contribution < -0.4 is 5.32 Å². The Kier molecular flexibility index (Phi) is 4.48. The minimum Gasteiger partial charge on any atom is -0.319 e. The van der Waals surface area contributed by atoms with Crippen LogP contribution in [-0.4, -0.2) is 22.6 Å². The summed E-state index contributed by atoms with van der Waals surface area (Å²) in [5.74, 6) is -0.282. The second-order valence-corrected chi connectivity index (χ2v) is 7.92. The number of nitrogens with one attached hydrogen (secondary N) is 1. The summed E-state index contributed by atoms with van der Waals surface area (Å²) in [4.78, 5) is 39.6. The number of hydrogen-bond donors (Lipinski definition) is 1. The maximum Gasteiger partial charge on any atom is 0.325 e. The second-order valence-electron chi connectivity index (χ2n) is 6.97. The van der Waals surface area contributed by atoms with E-state index in [1.165, 1.54) is 23.2 Å². The van der Waals surface area contributed by atoms with Gasteiger partial charge in [-0.3, -0.25) is 14.5 Å². The molecule has 1 aliphatic rings. The van der Waals surface area contributed by atoms with Gasteiger partial charge in [0.15, 0.2) is 11.3 Å². The first-order valence-electron chi connectivity index (χ1n) is 8.45. The van der Waals surface area contributed by atoms with Crippen LogP contribution in [0.4, 0.5) is 4.79 Å². The number of Topliss-reactive ketones (excluding diaryl/α,β-unsaturated/α-hetero) is 1. The average Bonchev–Trinajstić information content (AvgIpc) is 3.14. The summed E-state index contributed by atoms with van der Waals surface area (Å²) in [6, 6.07) is 5.24. The second kappa shape index (κ2) is 6.36. The molecule has 1 fully saturated rings. The maximum absolute atomic E-state index is 13.0. The fraction of sp³-hybridized carbons (Fsp3) is 0.350. The molecule has 1 aliphatic heterocycles. The van der Waals surface area contributed by atoms with Crippen LogP contribution in [0, 0.1) is 20.8 Å². The Labute approximate surface area is 157 Å². The van der Waals surface area contributed by atoms with Crippen molar-refractivity contribution in [2.24, 2.45) is 0 Å². The number of carbonyl (C=O) groups excluding carboxylic acids is 3. The first-order chi connectivity index (χ1) is 12.2. The highest BCUT2D eigenvalue weighted by atomic mass is 32.1. The first-order valence-corrected chi connectivity index (χ1v) is 9.33. The molecule has 0 radical (unpaired) electrons. The summed E-state index contributed by atoms with van der Waals surface area (Å²) in [5, 5.41) is 4.71. The lowest BCUT2D eigenvalue weighted by molar-refractivity contribution is -0.131. The number of ketones is 1. The number of imide groups is 1. The van der Waals surface area contributed by atoms with Crippen molar-refractivity contribution in [3.63, 3.8) is 0 Å². The number of nitrogens with zero attached hydrogens (tertiary/aromatic N) is 1. The Morgan fingerprint density at radius 3 is 2.50 bits per heavy atom. The molecule has 1 unspecified atom stereocenters. The molecule has 1 aromatic heterocycles. The summed E-state index contributed by atoms with van der Waals surface area (Å²) in [5.41, 5.74) is 3.19. The Bertz CT molecular complexity index is 918. The molecule has 136 valence electrons. The lowest BCUT2D eigenvalue weighted by Crippen LogP contribution is -2.40. The molecule has 0 saturated carbocycles. The summed E-state index contributed by atoms with van der Waals surface area (Å²) in [6.45, 7) is 9.15. The van der Waals surface area contributed by atoms with Gasteiger partial charge in [-0.05, 0) is 68.3 Å². The molecular weight excluding hydrogens is 348 g/mol. The number of rotatable bonds is 4. The van der Waals surface area contributed by atoms with E-state index in [0.717, 1.165) is 27.1 Å². The van der Waals surface area contributed by atoms with Crippen LogP contribution in [0.15, 0.2) is 23.6 Å². The molecule has 3 rings (SSSR count). The predicted molar refractivity (Wildman–Crippen MR) is 101 cm³/mol. The van der Waals surface area contributed by atoms with Gasteiger partial charge in [-0.15, -0.1) is 11.3 Å². The lowest BCUT2D eigenvalue weighted by Gasteiger charge is -2.22. The van der Waals surface area contributed by atoms with E-state index in [-0.39, 0.29) is 18.2 Å². The fourth-order valence-electron chi connectivity index (χ4n) is 3.74. The summed E-state index contributed by atoms with van der Waals surface area (Å²) < 4.78 is 0.